The standard InChI is InChI=1S/C10H8Br2OS/c1-6-2-3-8(14-6)9(11)7-4-5-13-10(7)12/h2-5,9H,1H3. The van der Waals surface area contributed by atoms with Crippen molar-refractivity contribution in [1.29, 1.82) is 0 Å². The molecule has 2 rings (SSSR count). The number of rotatable bonds is 2. The highest BCUT2D eigenvalue weighted by atomic mass is 79.9. The molecule has 1 atom stereocenters. The molecule has 0 saturated carbocycles. The Bertz CT molecular complexity index is 433. The van der Waals surface area contributed by atoms with Crippen LogP contribution in [0.2, 0.25) is 0 Å². The summed E-state index contributed by atoms with van der Waals surface area (Å²) in [5.41, 5.74) is 1.13. The van der Waals surface area contributed by atoms with E-state index in [2.05, 4.69) is 50.9 Å². The Morgan fingerprint density at radius 3 is 2.64 bits per heavy atom. The van der Waals surface area contributed by atoms with Gasteiger partial charge in [-0.15, -0.1) is 11.3 Å². The maximum absolute atomic E-state index is 5.21. The van der Waals surface area contributed by atoms with Crippen LogP contribution in [0.1, 0.15) is 20.1 Å². The van der Waals surface area contributed by atoms with Crippen LogP contribution in [0.25, 0.3) is 0 Å². The summed E-state index contributed by atoms with van der Waals surface area (Å²) in [4.78, 5) is 2.84. The van der Waals surface area contributed by atoms with Crippen molar-refractivity contribution in [3.05, 3.63) is 44.4 Å². The van der Waals surface area contributed by atoms with Crippen LogP contribution in [0.3, 0.4) is 0 Å². The van der Waals surface area contributed by atoms with Crippen molar-refractivity contribution < 1.29 is 4.42 Å². The van der Waals surface area contributed by atoms with Crippen LogP contribution in [0, 0.1) is 6.92 Å². The Balaban J connectivity index is 2.33. The van der Waals surface area contributed by atoms with E-state index in [4.69, 9.17) is 4.42 Å². The summed E-state index contributed by atoms with van der Waals surface area (Å²) in [5.74, 6) is 0. The van der Waals surface area contributed by atoms with Gasteiger partial charge in [0.05, 0.1) is 11.1 Å². The van der Waals surface area contributed by atoms with E-state index in [-0.39, 0.29) is 4.83 Å². The van der Waals surface area contributed by atoms with Crippen molar-refractivity contribution in [3.63, 3.8) is 0 Å². The van der Waals surface area contributed by atoms with Crippen LogP contribution in [0.4, 0.5) is 0 Å². The molecule has 0 amide bonds. The van der Waals surface area contributed by atoms with E-state index in [9.17, 15) is 0 Å². The maximum atomic E-state index is 5.21. The first kappa shape index (κ1) is 10.5. The van der Waals surface area contributed by atoms with Gasteiger partial charge in [0.15, 0.2) is 4.67 Å². The van der Waals surface area contributed by atoms with Gasteiger partial charge in [-0.3, -0.25) is 0 Å². The molecular formula is C10H8Br2OS. The van der Waals surface area contributed by atoms with Gasteiger partial charge >= 0.3 is 0 Å². The van der Waals surface area contributed by atoms with Gasteiger partial charge in [-0.1, -0.05) is 15.9 Å². The number of furan rings is 1. The normalized spacial score (nSPS) is 13.1. The third-order valence-electron chi connectivity index (χ3n) is 1.93. The van der Waals surface area contributed by atoms with E-state index in [0.29, 0.717) is 0 Å². The minimum absolute atomic E-state index is 0.217. The summed E-state index contributed by atoms with van der Waals surface area (Å²) in [6, 6.07) is 6.24. The third kappa shape index (κ3) is 1.97. The second-order valence-electron chi connectivity index (χ2n) is 2.96. The van der Waals surface area contributed by atoms with Crippen LogP contribution in [-0.4, -0.2) is 0 Å². The van der Waals surface area contributed by atoms with Crippen molar-refractivity contribution in [2.24, 2.45) is 0 Å². The van der Waals surface area contributed by atoms with Crippen LogP contribution < -0.4 is 0 Å². The predicted molar refractivity (Wildman–Crippen MR) is 66.2 cm³/mol. The summed E-state index contributed by atoms with van der Waals surface area (Å²) >= 11 is 8.83. The average molecular weight is 336 g/mol. The Kier molecular flexibility index (Phi) is 3.14. The lowest BCUT2D eigenvalue weighted by Crippen LogP contribution is -1.86. The molecule has 0 fully saturated rings. The molecule has 2 aromatic rings. The lowest BCUT2D eigenvalue weighted by Gasteiger charge is -2.04. The number of aryl methyl sites for hydroxylation is 1. The lowest BCUT2D eigenvalue weighted by molar-refractivity contribution is 0.538. The molecular weight excluding hydrogens is 328 g/mol. The van der Waals surface area contributed by atoms with E-state index in [1.54, 1.807) is 17.6 Å². The van der Waals surface area contributed by atoms with Gasteiger partial charge in [0, 0.05) is 15.3 Å². The fourth-order valence-electron chi connectivity index (χ4n) is 1.23. The number of hydrogen-bond donors (Lipinski definition) is 0. The van der Waals surface area contributed by atoms with Gasteiger partial charge in [-0.25, -0.2) is 0 Å². The molecule has 14 heavy (non-hydrogen) atoms. The zero-order chi connectivity index (χ0) is 10.1. The second kappa shape index (κ2) is 4.21. The minimum atomic E-state index is 0.217. The van der Waals surface area contributed by atoms with Crippen molar-refractivity contribution in [2.75, 3.05) is 0 Å². The first-order valence-corrected chi connectivity index (χ1v) is 6.64. The van der Waals surface area contributed by atoms with Gasteiger partial charge in [0.1, 0.15) is 0 Å². The van der Waals surface area contributed by atoms with E-state index in [1.807, 2.05) is 6.07 Å². The quantitative estimate of drug-likeness (QED) is 0.712. The lowest BCUT2D eigenvalue weighted by atomic mass is 10.2. The molecule has 0 radical (unpaired) electrons. The highest BCUT2D eigenvalue weighted by Gasteiger charge is 2.16. The largest absolute Gasteiger partial charge is 0.457 e. The molecule has 4 heteroatoms. The number of alkyl halides is 1. The van der Waals surface area contributed by atoms with Gasteiger partial charge in [-0.2, -0.15) is 0 Å². The Hall–Kier alpha value is -0.0600. The van der Waals surface area contributed by atoms with Crippen LogP contribution >= 0.6 is 43.2 Å². The first-order valence-electron chi connectivity index (χ1n) is 4.12. The summed E-state index contributed by atoms with van der Waals surface area (Å²) in [6.07, 6.45) is 1.69. The van der Waals surface area contributed by atoms with Gasteiger partial charge in [0.2, 0.25) is 0 Å². The molecule has 0 aliphatic rings. The number of halogens is 2. The molecule has 2 aromatic heterocycles. The molecule has 0 N–H and O–H groups in total. The summed E-state index contributed by atoms with van der Waals surface area (Å²) in [7, 11) is 0. The molecule has 0 saturated heterocycles. The molecule has 74 valence electrons. The SMILES string of the molecule is Cc1ccc(C(Br)c2ccoc2Br)s1. The zero-order valence-electron chi connectivity index (χ0n) is 7.46. The third-order valence-corrected chi connectivity index (χ3v) is 4.93. The van der Waals surface area contributed by atoms with Crippen molar-refractivity contribution in [3.8, 4) is 0 Å². The zero-order valence-corrected chi connectivity index (χ0v) is 11.4. The van der Waals surface area contributed by atoms with Crippen LogP contribution in [0.15, 0.2) is 33.5 Å². The first-order chi connectivity index (χ1) is 6.68. The van der Waals surface area contributed by atoms with E-state index in [0.717, 1.165) is 10.2 Å². The Morgan fingerprint density at radius 2 is 2.14 bits per heavy atom. The molecule has 0 spiro atoms. The molecule has 0 aliphatic heterocycles. The molecule has 1 unspecified atom stereocenters. The smallest absolute Gasteiger partial charge is 0.173 e. The van der Waals surface area contributed by atoms with Crippen molar-refractivity contribution >= 4 is 43.2 Å². The highest BCUT2D eigenvalue weighted by molar-refractivity contribution is 9.10. The fourth-order valence-corrected chi connectivity index (χ4v) is 3.67. The predicted octanol–water partition coefficient (Wildman–Crippen LogP) is 4.90. The molecule has 1 nitrogen and oxygen atoms in total. The molecule has 0 bridgehead atoms. The number of hydrogen-bond acceptors (Lipinski definition) is 2. The fraction of sp³-hybridized carbons (Fsp3) is 0.200. The van der Waals surface area contributed by atoms with Gasteiger partial charge < -0.3 is 4.42 Å². The minimum Gasteiger partial charge on any atom is -0.457 e. The highest BCUT2D eigenvalue weighted by Crippen LogP contribution is 2.38. The van der Waals surface area contributed by atoms with Gasteiger partial charge in [0.25, 0.3) is 0 Å². The van der Waals surface area contributed by atoms with Crippen molar-refractivity contribution in [2.45, 2.75) is 11.8 Å². The topological polar surface area (TPSA) is 13.1 Å². The van der Waals surface area contributed by atoms with Gasteiger partial charge in [-0.05, 0) is 41.1 Å². The summed E-state index contributed by atoms with van der Waals surface area (Å²) in [5, 5.41) is 0. The van der Waals surface area contributed by atoms with E-state index < -0.39 is 0 Å². The maximum Gasteiger partial charge on any atom is 0.173 e. The Labute approximate surface area is 103 Å². The van der Waals surface area contributed by atoms with Crippen LogP contribution in [-0.2, 0) is 0 Å². The molecule has 0 aliphatic carbocycles. The Morgan fingerprint density at radius 1 is 1.36 bits per heavy atom. The van der Waals surface area contributed by atoms with E-state index in [1.165, 1.54) is 9.75 Å². The summed E-state index contributed by atoms with van der Waals surface area (Å²) in [6.45, 7) is 2.11. The van der Waals surface area contributed by atoms with Crippen molar-refractivity contribution in [1.82, 2.24) is 0 Å². The van der Waals surface area contributed by atoms with E-state index >= 15 is 0 Å². The second-order valence-corrected chi connectivity index (χ2v) is 5.92. The molecule has 2 heterocycles. The monoisotopic (exact) mass is 334 g/mol. The molecule has 0 aromatic carbocycles. The van der Waals surface area contributed by atoms with Crippen LogP contribution in [0.5, 0.6) is 0 Å². The average Bonchev–Trinajstić information content (AvgIpc) is 2.73. The number of thiophene rings is 1. The summed E-state index contributed by atoms with van der Waals surface area (Å²) < 4.78 is 6.00.